The molecule has 1 aliphatic heterocycles. The molecule has 0 radical (unpaired) electrons. The number of carbonyl (C=O) groups is 2. The highest BCUT2D eigenvalue weighted by atomic mass is 32.2. The molecule has 0 atom stereocenters. The third kappa shape index (κ3) is 5.20. The van der Waals surface area contributed by atoms with Gasteiger partial charge in [-0.2, -0.15) is 4.31 Å². The summed E-state index contributed by atoms with van der Waals surface area (Å²) in [6.07, 6.45) is -0.142. The van der Waals surface area contributed by atoms with E-state index in [1.54, 1.807) is 24.3 Å². The molecule has 132 valence electrons. The Morgan fingerprint density at radius 2 is 1.71 bits per heavy atom. The summed E-state index contributed by atoms with van der Waals surface area (Å²) in [4.78, 5) is 23.8. The highest BCUT2D eigenvalue weighted by molar-refractivity contribution is 7.88. The number of carboxylic acid groups (broad SMARTS) is 1. The first-order valence-corrected chi connectivity index (χ1v) is 9.26. The van der Waals surface area contributed by atoms with E-state index in [4.69, 9.17) is 5.11 Å². The molecule has 1 heterocycles. The zero-order chi connectivity index (χ0) is 17.6. The second-order valence-electron chi connectivity index (χ2n) is 5.50. The standard InChI is InChI=1S/C15H21N3O5S/c19-14(20)6-7-16-15(21)17-8-10-18(11-9-17)24(22,23)12-13-4-2-1-3-5-13/h1-5H,6-12H2,(H,16,21)(H,19,20). The maximum absolute atomic E-state index is 12.4. The Morgan fingerprint density at radius 1 is 1.08 bits per heavy atom. The van der Waals surface area contributed by atoms with Crippen LogP contribution in [0.15, 0.2) is 30.3 Å². The number of piperazine rings is 1. The van der Waals surface area contributed by atoms with Gasteiger partial charge in [0.2, 0.25) is 10.0 Å². The molecule has 0 bridgehead atoms. The quantitative estimate of drug-likeness (QED) is 0.764. The van der Waals surface area contributed by atoms with Crippen molar-refractivity contribution in [1.82, 2.24) is 14.5 Å². The number of hydrogen-bond donors (Lipinski definition) is 2. The Morgan fingerprint density at radius 3 is 2.29 bits per heavy atom. The molecule has 0 saturated carbocycles. The number of carbonyl (C=O) groups excluding carboxylic acids is 1. The highest BCUT2D eigenvalue weighted by Crippen LogP contribution is 2.13. The van der Waals surface area contributed by atoms with Gasteiger partial charge in [0.15, 0.2) is 0 Å². The summed E-state index contributed by atoms with van der Waals surface area (Å²) >= 11 is 0. The number of nitrogens with one attached hydrogen (secondary N) is 1. The van der Waals surface area contributed by atoms with Crippen LogP contribution < -0.4 is 5.32 Å². The van der Waals surface area contributed by atoms with Crippen LogP contribution in [0.2, 0.25) is 0 Å². The Labute approximate surface area is 141 Å². The van der Waals surface area contributed by atoms with Crippen LogP contribution in [0.4, 0.5) is 4.79 Å². The number of amides is 2. The van der Waals surface area contributed by atoms with Gasteiger partial charge in [-0.3, -0.25) is 4.79 Å². The number of urea groups is 1. The molecule has 1 aromatic rings. The van der Waals surface area contributed by atoms with E-state index in [2.05, 4.69) is 5.32 Å². The molecule has 2 N–H and O–H groups in total. The Bertz CT molecular complexity index is 670. The summed E-state index contributed by atoms with van der Waals surface area (Å²) in [6, 6.07) is 8.59. The molecule has 0 unspecified atom stereocenters. The van der Waals surface area contributed by atoms with Gasteiger partial charge in [-0.05, 0) is 5.56 Å². The molecule has 1 saturated heterocycles. The fourth-order valence-corrected chi connectivity index (χ4v) is 3.95. The molecule has 2 amide bonds. The molecule has 1 aromatic carbocycles. The zero-order valence-corrected chi connectivity index (χ0v) is 14.0. The van der Waals surface area contributed by atoms with Crippen LogP contribution in [0.3, 0.4) is 0 Å². The molecule has 1 aliphatic rings. The van der Waals surface area contributed by atoms with Gasteiger partial charge in [0.25, 0.3) is 0 Å². The van der Waals surface area contributed by atoms with Crippen molar-refractivity contribution < 1.29 is 23.1 Å². The van der Waals surface area contributed by atoms with Gasteiger partial charge in [-0.1, -0.05) is 30.3 Å². The van der Waals surface area contributed by atoms with Gasteiger partial charge in [0.1, 0.15) is 0 Å². The minimum Gasteiger partial charge on any atom is -0.481 e. The number of aliphatic carboxylic acids is 1. The third-order valence-electron chi connectivity index (χ3n) is 3.73. The van der Waals surface area contributed by atoms with Crippen LogP contribution >= 0.6 is 0 Å². The normalized spacial score (nSPS) is 15.9. The summed E-state index contributed by atoms with van der Waals surface area (Å²) in [5, 5.41) is 11.1. The van der Waals surface area contributed by atoms with E-state index in [1.165, 1.54) is 9.21 Å². The van der Waals surface area contributed by atoms with E-state index in [-0.39, 0.29) is 50.9 Å². The van der Waals surface area contributed by atoms with Gasteiger partial charge in [0.05, 0.1) is 12.2 Å². The minimum atomic E-state index is -3.42. The predicted molar refractivity (Wildman–Crippen MR) is 87.9 cm³/mol. The Balaban J connectivity index is 1.83. The summed E-state index contributed by atoms with van der Waals surface area (Å²) in [5.74, 6) is -1.04. The first kappa shape index (κ1) is 18.2. The van der Waals surface area contributed by atoms with E-state index in [1.807, 2.05) is 6.07 Å². The van der Waals surface area contributed by atoms with Gasteiger partial charge in [-0.25, -0.2) is 13.2 Å². The van der Waals surface area contributed by atoms with Crippen LogP contribution in [0.5, 0.6) is 0 Å². The van der Waals surface area contributed by atoms with E-state index in [0.717, 1.165) is 5.56 Å². The molecule has 0 spiro atoms. The van der Waals surface area contributed by atoms with E-state index in [9.17, 15) is 18.0 Å². The molecular formula is C15H21N3O5S. The van der Waals surface area contributed by atoms with Gasteiger partial charge in [-0.15, -0.1) is 0 Å². The lowest BCUT2D eigenvalue weighted by Crippen LogP contribution is -2.53. The van der Waals surface area contributed by atoms with Crippen LogP contribution in [-0.4, -0.2) is 67.5 Å². The smallest absolute Gasteiger partial charge is 0.317 e. The maximum Gasteiger partial charge on any atom is 0.317 e. The highest BCUT2D eigenvalue weighted by Gasteiger charge is 2.28. The van der Waals surface area contributed by atoms with Crippen molar-refractivity contribution in [3.63, 3.8) is 0 Å². The zero-order valence-electron chi connectivity index (χ0n) is 13.2. The molecule has 24 heavy (non-hydrogen) atoms. The molecule has 0 aliphatic carbocycles. The molecule has 2 rings (SSSR count). The lowest BCUT2D eigenvalue weighted by molar-refractivity contribution is -0.136. The molecule has 8 nitrogen and oxygen atoms in total. The van der Waals surface area contributed by atoms with Crippen LogP contribution in [0.25, 0.3) is 0 Å². The summed E-state index contributed by atoms with van der Waals surface area (Å²) < 4.78 is 26.2. The van der Waals surface area contributed by atoms with Crippen LogP contribution in [-0.2, 0) is 20.6 Å². The molecular weight excluding hydrogens is 334 g/mol. The van der Waals surface area contributed by atoms with Crippen molar-refractivity contribution in [3.05, 3.63) is 35.9 Å². The largest absolute Gasteiger partial charge is 0.481 e. The van der Waals surface area contributed by atoms with Crippen molar-refractivity contribution in [2.45, 2.75) is 12.2 Å². The lowest BCUT2D eigenvalue weighted by Gasteiger charge is -2.34. The van der Waals surface area contributed by atoms with Gasteiger partial charge in [0, 0.05) is 32.7 Å². The minimum absolute atomic E-state index is 0.0562. The van der Waals surface area contributed by atoms with E-state index in [0.29, 0.717) is 0 Å². The Hall–Kier alpha value is -2.13. The number of benzene rings is 1. The van der Waals surface area contributed by atoms with E-state index < -0.39 is 16.0 Å². The van der Waals surface area contributed by atoms with Crippen LogP contribution in [0, 0.1) is 0 Å². The fraction of sp³-hybridized carbons (Fsp3) is 0.467. The third-order valence-corrected chi connectivity index (χ3v) is 5.58. The average Bonchev–Trinajstić information content (AvgIpc) is 2.55. The SMILES string of the molecule is O=C(O)CCNC(=O)N1CCN(S(=O)(=O)Cc2ccccc2)CC1. The van der Waals surface area contributed by atoms with Gasteiger partial charge < -0.3 is 15.3 Å². The Kier molecular flexibility index (Phi) is 6.16. The first-order chi connectivity index (χ1) is 11.4. The first-order valence-electron chi connectivity index (χ1n) is 7.65. The predicted octanol–water partition coefficient (Wildman–Crippen LogP) is 0.318. The fourth-order valence-electron chi connectivity index (χ4n) is 2.43. The number of sulfonamides is 1. The van der Waals surface area contributed by atoms with E-state index >= 15 is 0 Å². The lowest BCUT2D eigenvalue weighted by atomic mass is 10.2. The monoisotopic (exact) mass is 355 g/mol. The summed E-state index contributed by atoms with van der Waals surface area (Å²) in [5.41, 5.74) is 0.728. The van der Waals surface area contributed by atoms with Crippen LogP contribution in [0.1, 0.15) is 12.0 Å². The van der Waals surface area contributed by atoms with Crippen molar-refractivity contribution in [2.75, 3.05) is 32.7 Å². The topological polar surface area (TPSA) is 107 Å². The average molecular weight is 355 g/mol. The summed E-state index contributed by atoms with van der Waals surface area (Å²) in [6.45, 7) is 1.10. The number of hydrogen-bond acceptors (Lipinski definition) is 4. The number of carboxylic acids is 1. The number of nitrogens with zero attached hydrogens (tertiary/aromatic N) is 2. The maximum atomic E-state index is 12.4. The van der Waals surface area contributed by atoms with Crippen molar-refractivity contribution >= 4 is 22.0 Å². The van der Waals surface area contributed by atoms with Gasteiger partial charge >= 0.3 is 12.0 Å². The summed E-state index contributed by atoms with van der Waals surface area (Å²) in [7, 11) is -3.42. The second-order valence-corrected chi connectivity index (χ2v) is 7.47. The molecule has 0 aromatic heterocycles. The van der Waals surface area contributed by atoms with Crippen molar-refractivity contribution in [3.8, 4) is 0 Å². The second kappa shape index (κ2) is 8.11. The van der Waals surface area contributed by atoms with Crippen molar-refractivity contribution in [1.29, 1.82) is 0 Å². The number of rotatable bonds is 6. The molecule has 1 fully saturated rings. The van der Waals surface area contributed by atoms with Crippen molar-refractivity contribution in [2.24, 2.45) is 0 Å². The molecule has 9 heteroatoms.